The molecule has 0 aromatic rings. The molecule has 0 spiro atoms. The number of ether oxygens (including phenoxy) is 1. The number of rotatable bonds is 3. The first-order valence-corrected chi connectivity index (χ1v) is 3.54. The van der Waals surface area contributed by atoms with Crippen molar-refractivity contribution in [2.45, 2.75) is 31.9 Å². The van der Waals surface area contributed by atoms with E-state index in [1.165, 1.54) is 14.0 Å². The molecule has 0 rings (SSSR count). The van der Waals surface area contributed by atoms with Crippen LogP contribution >= 0.6 is 0 Å². The number of aliphatic hydroxyl groups excluding tert-OH is 1. The van der Waals surface area contributed by atoms with Crippen LogP contribution in [0.1, 0.15) is 20.3 Å². The van der Waals surface area contributed by atoms with Crippen molar-refractivity contribution in [1.29, 1.82) is 0 Å². The molecule has 0 unspecified atom stereocenters. The van der Waals surface area contributed by atoms with E-state index in [9.17, 15) is 4.79 Å². The maximum Gasteiger partial charge on any atom is 0.328 e. The summed E-state index contributed by atoms with van der Waals surface area (Å²) in [5.74, 6) is -0.574. The van der Waals surface area contributed by atoms with E-state index in [2.05, 4.69) is 4.74 Å². The summed E-state index contributed by atoms with van der Waals surface area (Å²) in [6, 6.07) is 0. The van der Waals surface area contributed by atoms with E-state index in [1.807, 2.05) is 0 Å². The van der Waals surface area contributed by atoms with Crippen molar-refractivity contribution in [3.8, 4) is 0 Å². The normalized spacial score (nSPS) is 18.6. The van der Waals surface area contributed by atoms with Crippen LogP contribution in [0.25, 0.3) is 0 Å². The van der Waals surface area contributed by atoms with Gasteiger partial charge < -0.3 is 15.6 Å². The lowest BCUT2D eigenvalue weighted by molar-refractivity contribution is -0.151. The number of aliphatic hydroxyl groups is 1. The Bertz CT molecular complexity index is 147. The summed E-state index contributed by atoms with van der Waals surface area (Å²) in [5, 5.41) is 9.15. The molecule has 11 heavy (non-hydrogen) atoms. The molecule has 0 aromatic carbocycles. The van der Waals surface area contributed by atoms with Crippen molar-refractivity contribution in [3.63, 3.8) is 0 Å². The highest BCUT2D eigenvalue weighted by Gasteiger charge is 2.38. The average molecular weight is 161 g/mol. The summed E-state index contributed by atoms with van der Waals surface area (Å²) in [6.07, 6.45) is -0.530. The van der Waals surface area contributed by atoms with E-state index in [0.717, 1.165) is 0 Å². The molecule has 0 aliphatic heterocycles. The first-order valence-electron chi connectivity index (χ1n) is 3.54. The Balaban J connectivity index is 4.45. The zero-order valence-electron chi connectivity index (χ0n) is 7.13. The van der Waals surface area contributed by atoms with Gasteiger partial charge in [0.25, 0.3) is 0 Å². The van der Waals surface area contributed by atoms with Crippen LogP contribution in [0.2, 0.25) is 0 Å². The van der Waals surface area contributed by atoms with Crippen LogP contribution in [-0.2, 0) is 9.53 Å². The predicted octanol–water partition coefficient (Wildman–Crippen LogP) is -0.352. The van der Waals surface area contributed by atoms with Gasteiger partial charge >= 0.3 is 5.97 Å². The van der Waals surface area contributed by atoms with Crippen LogP contribution in [0.4, 0.5) is 0 Å². The molecule has 4 nitrogen and oxygen atoms in total. The van der Waals surface area contributed by atoms with Crippen molar-refractivity contribution in [2.75, 3.05) is 7.11 Å². The Hall–Kier alpha value is -0.610. The fraction of sp³-hybridized carbons (Fsp3) is 0.857. The van der Waals surface area contributed by atoms with E-state index in [-0.39, 0.29) is 0 Å². The number of carbonyl (C=O) groups is 1. The Morgan fingerprint density at radius 2 is 2.27 bits per heavy atom. The number of hydrogen-bond acceptors (Lipinski definition) is 4. The highest BCUT2D eigenvalue weighted by atomic mass is 16.5. The number of nitrogens with two attached hydrogens (primary N) is 1. The quantitative estimate of drug-likeness (QED) is 0.555. The van der Waals surface area contributed by atoms with Gasteiger partial charge in [0.15, 0.2) is 0 Å². The minimum Gasteiger partial charge on any atom is -0.468 e. The molecule has 0 saturated heterocycles. The second-order valence-corrected chi connectivity index (χ2v) is 2.56. The molecule has 0 saturated carbocycles. The van der Waals surface area contributed by atoms with Crippen LogP contribution < -0.4 is 5.73 Å². The smallest absolute Gasteiger partial charge is 0.328 e. The Labute approximate surface area is 66.3 Å². The van der Waals surface area contributed by atoms with Crippen molar-refractivity contribution < 1.29 is 14.6 Å². The van der Waals surface area contributed by atoms with E-state index in [0.29, 0.717) is 6.42 Å². The van der Waals surface area contributed by atoms with Crippen LogP contribution in [-0.4, -0.2) is 29.8 Å². The molecule has 0 fully saturated rings. The third-order valence-corrected chi connectivity index (χ3v) is 1.90. The SMILES string of the molecule is CC[C@@](N)(C(=O)OC)[C@H](C)O. The summed E-state index contributed by atoms with van der Waals surface area (Å²) in [6.45, 7) is 3.20. The highest BCUT2D eigenvalue weighted by Crippen LogP contribution is 2.13. The first-order chi connectivity index (χ1) is 4.99. The van der Waals surface area contributed by atoms with Gasteiger partial charge in [0.2, 0.25) is 0 Å². The maximum atomic E-state index is 11.0. The summed E-state index contributed by atoms with van der Waals surface area (Å²) in [7, 11) is 1.25. The van der Waals surface area contributed by atoms with Crippen molar-refractivity contribution >= 4 is 5.97 Å². The van der Waals surface area contributed by atoms with Crippen LogP contribution in [0, 0.1) is 0 Å². The molecule has 0 amide bonds. The summed E-state index contributed by atoms with van der Waals surface area (Å²) < 4.78 is 4.44. The molecular formula is C7H15NO3. The molecule has 0 aromatic heterocycles. The molecule has 0 heterocycles. The third-order valence-electron chi connectivity index (χ3n) is 1.90. The van der Waals surface area contributed by atoms with E-state index in [1.54, 1.807) is 6.92 Å². The minimum atomic E-state index is -1.26. The second kappa shape index (κ2) is 3.69. The van der Waals surface area contributed by atoms with E-state index >= 15 is 0 Å². The fourth-order valence-electron chi connectivity index (χ4n) is 0.800. The van der Waals surface area contributed by atoms with E-state index in [4.69, 9.17) is 10.8 Å². The Morgan fingerprint density at radius 1 is 1.82 bits per heavy atom. The summed E-state index contributed by atoms with van der Waals surface area (Å²) in [4.78, 5) is 11.0. The van der Waals surface area contributed by atoms with Gasteiger partial charge in [-0.3, -0.25) is 0 Å². The summed E-state index contributed by atoms with van der Waals surface area (Å²) >= 11 is 0. The van der Waals surface area contributed by atoms with Crippen LogP contribution in [0.5, 0.6) is 0 Å². The highest BCUT2D eigenvalue weighted by molar-refractivity contribution is 5.81. The minimum absolute atomic E-state index is 0.358. The van der Waals surface area contributed by atoms with Gasteiger partial charge in [0.05, 0.1) is 13.2 Å². The Kier molecular flexibility index (Phi) is 3.48. The van der Waals surface area contributed by atoms with Gasteiger partial charge in [-0.25, -0.2) is 4.79 Å². The zero-order valence-corrected chi connectivity index (χ0v) is 7.13. The number of carbonyl (C=O) groups excluding carboxylic acids is 1. The topological polar surface area (TPSA) is 72.6 Å². The maximum absolute atomic E-state index is 11.0. The average Bonchev–Trinajstić information content (AvgIpc) is 2.01. The third kappa shape index (κ3) is 1.91. The first kappa shape index (κ1) is 10.4. The van der Waals surface area contributed by atoms with Crippen LogP contribution in [0.3, 0.4) is 0 Å². The number of hydrogen-bond donors (Lipinski definition) is 2. The monoisotopic (exact) mass is 161 g/mol. The lowest BCUT2D eigenvalue weighted by Gasteiger charge is -2.27. The van der Waals surface area contributed by atoms with Gasteiger partial charge in [-0.2, -0.15) is 0 Å². The second-order valence-electron chi connectivity index (χ2n) is 2.56. The van der Waals surface area contributed by atoms with Gasteiger partial charge in [-0.1, -0.05) is 6.92 Å². The fourth-order valence-corrected chi connectivity index (χ4v) is 0.800. The standard InChI is InChI=1S/C7H15NO3/c1-4-7(8,5(2)9)6(10)11-3/h5,9H,4,8H2,1-3H3/t5-,7-/m0/s1. The number of methoxy groups -OCH3 is 1. The largest absolute Gasteiger partial charge is 0.468 e. The summed E-state index contributed by atoms with van der Waals surface area (Å²) in [5.41, 5.74) is 4.31. The molecule has 3 N–H and O–H groups in total. The molecular weight excluding hydrogens is 146 g/mol. The molecule has 2 atom stereocenters. The zero-order chi connectivity index (χ0) is 9.07. The molecule has 4 heteroatoms. The van der Waals surface area contributed by atoms with Gasteiger partial charge in [-0.05, 0) is 13.3 Å². The molecule has 0 radical (unpaired) electrons. The predicted molar refractivity (Wildman–Crippen MR) is 40.9 cm³/mol. The van der Waals surface area contributed by atoms with Crippen molar-refractivity contribution in [1.82, 2.24) is 0 Å². The van der Waals surface area contributed by atoms with Crippen molar-refractivity contribution in [2.24, 2.45) is 5.73 Å². The molecule has 0 bridgehead atoms. The molecule has 66 valence electrons. The van der Waals surface area contributed by atoms with Crippen molar-refractivity contribution in [3.05, 3.63) is 0 Å². The van der Waals surface area contributed by atoms with Gasteiger partial charge in [-0.15, -0.1) is 0 Å². The van der Waals surface area contributed by atoms with Gasteiger partial charge in [0, 0.05) is 0 Å². The molecule has 0 aliphatic carbocycles. The lowest BCUT2D eigenvalue weighted by atomic mass is 9.92. The molecule has 0 aliphatic rings. The lowest BCUT2D eigenvalue weighted by Crippen LogP contribution is -2.56. The van der Waals surface area contributed by atoms with E-state index < -0.39 is 17.6 Å². The Morgan fingerprint density at radius 3 is 2.36 bits per heavy atom. The van der Waals surface area contributed by atoms with Gasteiger partial charge in [0.1, 0.15) is 5.54 Å². The number of esters is 1. The van der Waals surface area contributed by atoms with Crippen LogP contribution in [0.15, 0.2) is 0 Å².